The van der Waals surface area contributed by atoms with E-state index in [1.807, 2.05) is 12.2 Å². The van der Waals surface area contributed by atoms with Gasteiger partial charge in [-0.3, -0.25) is 0 Å². The third-order valence-corrected chi connectivity index (χ3v) is 1.93. The molecule has 0 nitrogen and oxygen atoms in total. The van der Waals surface area contributed by atoms with Gasteiger partial charge in [-0.1, -0.05) is 36.5 Å². The van der Waals surface area contributed by atoms with E-state index in [2.05, 4.69) is 18.2 Å². The number of fused-ring (bicyclic) bond motifs is 1. The maximum absolute atomic E-state index is 4.96. The lowest BCUT2D eigenvalue weighted by Crippen LogP contribution is -2.21. The van der Waals surface area contributed by atoms with E-state index in [1.54, 1.807) is 0 Å². The quantitative estimate of drug-likeness (QED) is 0.454. The fraction of sp³-hybridized carbons (Fsp3) is 0.125. The zero-order valence-electron chi connectivity index (χ0n) is 4.79. The highest BCUT2D eigenvalue weighted by molar-refractivity contribution is 7.80. The van der Waals surface area contributed by atoms with Crippen molar-refractivity contribution in [2.24, 2.45) is 5.92 Å². The molecule has 0 heterocycles. The van der Waals surface area contributed by atoms with Crippen LogP contribution in [0.25, 0.3) is 0 Å². The summed E-state index contributed by atoms with van der Waals surface area (Å²) in [5.74, 6) is 0.421. The number of allylic oxidation sites excluding steroid dienone is 6. The third kappa shape index (κ3) is 0.615. The van der Waals surface area contributed by atoms with Crippen LogP contribution in [-0.4, -0.2) is 4.86 Å². The number of hydrogen-bond donors (Lipinski definition) is 0. The normalized spacial score (nSPS) is 29.1. The predicted octanol–water partition coefficient (Wildman–Crippen LogP) is 1.84. The van der Waals surface area contributed by atoms with Gasteiger partial charge < -0.3 is 0 Å². The molecule has 2 rings (SSSR count). The lowest BCUT2D eigenvalue weighted by atomic mass is 9.82. The molecule has 1 radical (unpaired) electrons. The Labute approximate surface area is 59.6 Å². The highest BCUT2D eigenvalue weighted by atomic mass is 32.1. The number of rotatable bonds is 0. The van der Waals surface area contributed by atoms with Crippen molar-refractivity contribution < 1.29 is 0 Å². The first-order valence-corrected chi connectivity index (χ1v) is 3.31. The summed E-state index contributed by atoms with van der Waals surface area (Å²) >= 11 is 4.96. The van der Waals surface area contributed by atoms with Gasteiger partial charge in [0.25, 0.3) is 0 Å². The largest absolute Gasteiger partial charge is 0.0832 e. The molecule has 0 aliphatic heterocycles. The van der Waals surface area contributed by atoms with Crippen LogP contribution < -0.4 is 0 Å². The average Bonchev–Trinajstić information content (AvgIpc) is 1.86. The molecule has 1 heteroatoms. The van der Waals surface area contributed by atoms with Crippen molar-refractivity contribution in [2.75, 3.05) is 0 Å². The first-order chi connectivity index (χ1) is 4.38. The molecule has 1 unspecified atom stereocenters. The molecule has 0 saturated carbocycles. The van der Waals surface area contributed by atoms with Gasteiger partial charge in [0.1, 0.15) is 0 Å². The van der Waals surface area contributed by atoms with Gasteiger partial charge in [-0.05, 0) is 5.57 Å². The molecule has 2 aliphatic rings. The third-order valence-electron chi connectivity index (χ3n) is 1.58. The fourth-order valence-electron chi connectivity index (χ4n) is 1.03. The molecular formula is C8H5S. The predicted molar refractivity (Wildman–Crippen MR) is 41.1 cm³/mol. The van der Waals surface area contributed by atoms with Crippen LogP contribution in [-0.2, 0) is 0 Å². The van der Waals surface area contributed by atoms with Crippen LogP contribution in [0.1, 0.15) is 0 Å². The Hall–Kier alpha value is -0.690. The zero-order valence-corrected chi connectivity index (χ0v) is 5.61. The van der Waals surface area contributed by atoms with Crippen LogP contribution in [0.15, 0.2) is 29.9 Å². The summed E-state index contributed by atoms with van der Waals surface area (Å²) in [6.07, 6.45) is 11.3. The topological polar surface area (TPSA) is 0 Å². The standard InChI is InChI=1S/C8H5S/c9-8-5-6-3-1-2-4-7(6)8/h1-4,7H. The molecule has 0 bridgehead atoms. The molecule has 0 aromatic rings. The lowest BCUT2D eigenvalue weighted by molar-refractivity contribution is 1.02. The monoisotopic (exact) mass is 133 g/mol. The van der Waals surface area contributed by atoms with Crippen LogP contribution >= 0.6 is 12.2 Å². The second-order valence-electron chi connectivity index (χ2n) is 2.17. The zero-order chi connectivity index (χ0) is 6.27. The van der Waals surface area contributed by atoms with Crippen molar-refractivity contribution in [2.45, 2.75) is 0 Å². The Morgan fingerprint density at radius 2 is 2.33 bits per heavy atom. The van der Waals surface area contributed by atoms with E-state index in [1.165, 1.54) is 5.57 Å². The maximum Gasteiger partial charge on any atom is 0.0388 e. The summed E-state index contributed by atoms with van der Waals surface area (Å²) < 4.78 is 0. The molecule has 0 amide bonds. The summed E-state index contributed by atoms with van der Waals surface area (Å²) in [6, 6.07) is 0. The molecule has 0 saturated heterocycles. The van der Waals surface area contributed by atoms with Crippen LogP contribution in [0.3, 0.4) is 0 Å². The Morgan fingerprint density at radius 1 is 1.44 bits per heavy atom. The van der Waals surface area contributed by atoms with Gasteiger partial charge in [-0.25, -0.2) is 0 Å². The minimum absolute atomic E-state index is 0.421. The molecule has 0 aromatic carbocycles. The molecule has 9 heavy (non-hydrogen) atoms. The van der Waals surface area contributed by atoms with Gasteiger partial charge in [0.05, 0.1) is 0 Å². The molecule has 1 atom stereocenters. The van der Waals surface area contributed by atoms with Crippen LogP contribution in [0, 0.1) is 12.0 Å². The van der Waals surface area contributed by atoms with Crippen LogP contribution in [0.4, 0.5) is 0 Å². The SMILES string of the molecule is S=C1[C]=C2C=CC=CC12. The van der Waals surface area contributed by atoms with Gasteiger partial charge in [-0.2, -0.15) is 0 Å². The molecular weight excluding hydrogens is 128 g/mol. The Kier molecular flexibility index (Phi) is 0.935. The van der Waals surface area contributed by atoms with E-state index in [-0.39, 0.29) is 0 Å². The molecule has 0 N–H and O–H groups in total. The van der Waals surface area contributed by atoms with Gasteiger partial charge >= 0.3 is 0 Å². The molecule has 0 aromatic heterocycles. The Balaban J connectivity index is 2.43. The lowest BCUT2D eigenvalue weighted by Gasteiger charge is -2.23. The summed E-state index contributed by atoms with van der Waals surface area (Å²) in [4.78, 5) is 0.950. The van der Waals surface area contributed by atoms with Crippen molar-refractivity contribution in [3.63, 3.8) is 0 Å². The first kappa shape index (κ1) is 5.12. The van der Waals surface area contributed by atoms with E-state index in [0.29, 0.717) is 5.92 Å². The maximum atomic E-state index is 4.96. The smallest absolute Gasteiger partial charge is 0.0388 e. The summed E-state index contributed by atoms with van der Waals surface area (Å²) in [5, 5.41) is 0. The summed E-state index contributed by atoms with van der Waals surface area (Å²) in [6.45, 7) is 0. The highest BCUT2D eigenvalue weighted by Gasteiger charge is 2.23. The van der Waals surface area contributed by atoms with E-state index in [9.17, 15) is 0 Å². The molecule has 2 aliphatic carbocycles. The number of thiocarbonyl (C=S) groups is 1. The van der Waals surface area contributed by atoms with Crippen LogP contribution in [0.5, 0.6) is 0 Å². The van der Waals surface area contributed by atoms with E-state index in [4.69, 9.17) is 12.2 Å². The van der Waals surface area contributed by atoms with E-state index < -0.39 is 0 Å². The van der Waals surface area contributed by atoms with Crippen molar-refractivity contribution in [1.82, 2.24) is 0 Å². The van der Waals surface area contributed by atoms with Crippen molar-refractivity contribution in [3.8, 4) is 0 Å². The first-order valence-electron chi connectivity index (χ1n) is 2.90. The summed E-state index contributed by atoms with van der Waals surface area (Å²) in [7, 11) is 0. The van der Waals surface area contributed by atoms with Crippen molar-refractivity contribution >= 4 is 17.1 Å². The molecule has 0 spiro atoms. The number of hydrogen-bond acceptors (Lipinski definition) is 1. The van der Waals surface area contributed by atoms with E-state index >= 15 is 0 Å². The molecule has 0 fully saturated rings. The average molecular weight is 133 g/mol. The van der Waals surface area contributed by atoms with Crippen LogP contribution in [0.2, 0.25) is 0 Å². The highest BCUT2D eigenvalue weighted by Crippen LogP contribution is 2.28. The Bertz CT molecular complexity index is 243. The van der Waals surface area contributed by atoms with Crippen molar-refractivity contribution in [3.05, 3.63) is 36.0 Å². The second kappa shape index (κ2) is 1.64. The second-order valence-corrected chi connectivity index (χ2v) is 2.61. The minimum Gasteiger partial charge on any atom is -0.0832 e. The Morgan fingerprint density at radius 3 is 2.89 bits per heavy atom. The summed E-state index contributed by atoms with van der Waals surface area (Å²) in [5.41, 5.74) is 1.24. The van der Waals surface area contributed by atoms with Crippen molar-refractivity contribution in [1.29, 1.82) is 0 Å². The minimum atomic E-state index is 0.421. The van der Waals surface area contributed by atoms with E-state index in [0.717, 1.165) is 4.86 Å². The molecule has 43 valence electrons. The van der Waals surface area contributed by atoms with Gasteiger partial charge in [0, 0.05) is 16.9 Å². The fourth-order valence-corrected chi connectivity index (χ4v) is 1.36. The van der Waals surface area contributed by atoms with Gasteiger partial charge in [-0.15, -0.1) is 0 Å². The van der Waals surface area contributed by atoms with Gasteiger partial charge in [0.15, 0.2) is 0 Å². The van der Waals surface area contributed by atoms with Gasteiger partial charge in [0.2, 0.25) is 0 Å².